The molecule has 0 saturated heterocycles. The van der Waals surface area contributed by atoms with Crippen molar-refractivity contribution in [1.29, 1.82) is 5.26 Å². The van der Waals surface area contributed by atoms with Crippen LogP contribution in [0, 0.1) is 11.3 Å². The molecule has 0 N–H and O–H groups in total. The summed E-state index contributed by atoms with van der Waals surface area (Å²) in [5.74, 6) is -0.615. The van der Waals surface area contributed by atoms with Crippen LogP contribution in [-0.2, 0) is 9.53 Å². The molecule has 0 aliphatic heterocycles. The summed E-state index contributed by atoms with van der Waals surface area (Å²) in [6, 6.07) is 9.56. The van der Waals surface area contributed by atoms with Crippen molar-refractivity contribution in [3.05, 3.63) is 35.4 Å². The van der Waals surface area contributed by atoms with E-state index in [4.69, 9.17) is 5.26 Å². The second-order valence-corrected chi connectivity index (χ2v) is 3.93. The minimum absolute atomic E-state index is 0.00177. The molecule has 0 heterocycles. The first-order chi connectivity index (χ1) is 9.15. The van der Waals surface area contributed by atoms with E-state index in [-0.39, 0.29) is 5.57 Å². The van der Waals surface area contributed by atoms with Gasteiger partial charge in [0.05, 0.1) is 7.11 Å². The number of methoxy groups -OCH3 is 1. The normalized spacial score (nSPS) is 10.7. The molecular formula is C15H18N2O2. The molecule has 0 aromatic heterocycles. The van der Waals surface area contributed by atoms with E-state index in [1.807, 2.05) is 30.3 Å². The summed E-state index contributed by atoms with van der Waals surface area (Å²) in [6.07, 6.45) is 1.53. The van der Waals surface area contributed by atoms with Gasteiger partial charge in [0.25, 0.3) is 0 Å². The van der Waals surface area contributed by atoms with Crippen LogP contribution in [0.5, 0.6) is 0 Å². The lowest BCUT2D eigenvalue weighted by Gasteiger charge is -2.20. The number of nitriles is 1. The summed E-state index contributed by atoms with van der Waals surface area (Å²) in [4.78, 5) is 13.5. The SMILES string of the molecule is CCN(CC)c1ccc(/C=C(\C#N)C(=O)OC)cc1. The Kier molecular flexibility index (Phi) is 5.62. The van der Waals surface area contributed by atoms with Crippen LogP contribution in [0.4, 0.5) is 5.69 Å². The zero-order valence-electron chi connectivity index (χ0n) is 11.5. The number of ether oxygens (including phenoxy) is 1. The number of anilines is 1. The van der Waals surface area contributed by atoms with Crippen LogP contribution in [0.25, 0.3) is 6.08 Å². The van der Waals surface area contributed by atoms with Gasteiger partial charge in [-0.2, -0.15) is 5.26 Å². The fourth-order valence-corrected chi connectivity index (χ4v) is 1.78. The number of hydrogen-bond donors (Lipinski definition) is 0. The second-order valence-electron chi connectivity index (χ2n) is 3.93. The van der Waals surface area contributed by atoms with E-state index in [1.165, 1.54) is 13.2 Å². The maximum absolute atomic E-state index is 11.3. The molecule has 100 valence electrons. The Bertz CT molecular complexity index is 494. The van der Waals surface area contributed by atoms with E-state index in [0.717, 1.165) is 24.3 Å². The zero-order chi connectivity index (χ0) is 14.3. The van der Waals surface area contributed by atoms with Crippen molar-refractivity contribution >= 4 is 17.7 Å². The molecule has 1 aromatic rings. The number of nitrogens with zero attached hydrogens (tertiary/aromatic N) is 2. The van der Waals surface area contributed by atoms with Gasteiger partial charge >= 0.3 is 5.97 Å². The fraction of sp³-hybridized carbons (Fsp3) is 0.333. The molecule has 4 nitrogen and oxygen atoms in total. The predicted molar refractivity (Wildman–Crippen MR) is 75.6 cm³/mol. The maximum Gasteiger partial charge on any atom is 0.348 e. The van der Waals surface area contributed by atoms with Crippen molar-refractivity contribution in [2.45, 2.75) is 13.8 Å². The molecule has 0 unspecified atom stereocenters. The van der Waals surface area contributed by atoms with E-state index in [0.29, 0.717) is 0 Å². The van der Waals surface area contributed by atoms with E-state index < -0.39 is 5.97 Å². The molecule has 0 atom stereocenters. The monoisotopic (exact) mass is 258 g/mol. The second kappa shape index (κ2) is 7.22. The molecule has 0 bridgehead atoms. The van der Waals surface area contributed by atoms with Gasteiger partial charge in [-0.15, -0.1) is 0 Å². The lowest BCUT2D eigenvalue weighted by atomic mass is 10.1. The molecule has 0 fully saturated rings. The molecule has 0 aliphatic carbocycles. The average Bonchev–Trinajstić information content (AvgIpc) is 2.46. The quantitative estimate of drug-likeness (QED) is 0.463. The van der Waals surface area contributed by atoms with Crippen LogP contribution in [0.15, 0.2) is 29.8 Å². The maximum atomic E-state index is 11.3. The third-order valence-electron chi connectivity index (χ3n) is 2.86. The summed E-state index contributed by atoms with van der Waals surface area (Å²) >= 11 is 0. The van der Waals surface area contributed by atoms with Crippen molar-refractivity contribution in [2.24, 2.45) is 0 Å². The Morgan fingerprint density at radius 1 is 1.32 bits per heavy atom. The summed E-state index contributed by atoms with van der Waals surface area (Å²) < 4.78 is 4.53. The first-order valence-electron chi connectivity index (χ1n) is 6.21. The Morgan fingerprint density at radius 2 is 1.89 bits per heavy atom. The molecule has 19 heavy (non-hydrogen) atoms. The van der Waals surface area contributed by atoms with Gasteiger partial charge in [-0.25, -0.2) is 4.79 Å². The van der Waals surface area contributed by atoms with E-state index in [1.54, 1.807) is 0 Å². The van der Waals surface area contributed by atoms with Gasteiger partial charge in [-0.3, -0.25) is 0 Å². The molecular weight excluding hydrogens is 240 g/mol. The first-order valence-corrected chi connectivity index (χ1v) is 6.21. The third kappa shape index (κ3) is 3.85. The number of benzene rings is 1. The summed E-state index contributed by atoms with van der Waals surface area (Å²) in [6.45, 7) is 6.08. The van der Waals surface area contributed by atoms with Gasteiger partial charge in [0, 0.05) is 18.8 Å². The molecule has 0 aliphatic rings. The standard InChI is InChI=1S/C15H18N2O2/c1-4-17(5-2)14-8-6-12(7-9-14)10-13(11-16)15(18)19-3/h6-10H,4-5H2,1-3H3/b13-10+. The number of esters is 1. The van der Waals surface area contributed by atoms with Crippen molar-refractivity contribution < 1.29 is 9.53 Å². The van der Waals surface area contributed by atoms with Gasteiger partial charge in [-0.1, -0.05) is 12.1 Å². The molecule has 0 radical (unpaired) electrons. The van der Waals surface area contributed by atoms with Gasteiger partial charge in [0.2, 0.25) is 0 Å². The van der Waals surface area contributed by atoms with E-state index >= 15 is 0 Å². The predicted octanol–water partition coefficient (Wildman–Crippen LogP) is 2.61. The average molecular weight is 258 g/mol. The lowest BCUT2D eigenvalue weighted by Crippen LogP contribution is -2.21. The van der Waals surface area contributed by atoms with Crippen molar-refractivity contribution in [3.8, 4) is 6.07 Å². The molecule has 0 amide bonds. The smallest absolute Gasteiger partial charge is 0.348 e. The summed E-state index contributed by atoms with van der Waals surface area (Å²) in [5.41, 5.74) is 1.93. The van der Waals surface area contributed by atoms with Crippen LogP contribution in [0.1, 0.15) is 19.4 Å². The lowest BCUT2D eigenvalue weighted by molar-refractivity contribution is -0.135. The van der Waals surface area contributed by atoms with E-state index in [9.17, 15) is 4.79 Å². The van der Waals surface area contributed by atoms with E-state index in [2.05, 4.69) is 23.5 Å². The van der Waals surface area contributed by atoms with Crippen LogP contribution in [0.3, 0.4) is 0 Å². The first kappa shape index (κ1) is 14.8. The Hall–Kier alpha value is -2.28. The van der Waals surface area contributed by atoms with Crippen molar-refractivity contribution in [3.63, 3.8) is 0 Å². The Balaban J connectivity index is 2.96. The number of rotatable bonds is 5. The van der Waals surface area contributed by atoms with Gasteiger partial charge in [0.15, 0.2) is 0 Å². The van der Waals surface area contributed by atoms with Crippen molar-refractivity contribution in [2.75, 3.05) is 25.1 Å². The highest BCUT2D eigenvalue weighted by Crippen LogP contribution is 2.16. The third-order valence-corrected chi connectivity index (χ3v) is 2.86. The van der Waals surface area contributed by atoms with Crippen LogP contribution in [-0.4, -0.2) is 26.2 Å². The van der Waals surface area contributed by atoms with Gasteiger partial charge in [0.1, 0.15) is 11.6 Å². The molecule has 0 saturated carbocycles. The number of hydrogen-bond acceptors (Lipinski definition) is 4. The zero-order valence-corrected chi connectivity index (χ0v) is 11.5. The Morgan fingerprint density at radius 3 is 2.32 bits per heavy atom. The highest BCUT2D eigenvalue weighted by molar-refractivity contribution is 5.97. The topological polar surface area (TPSA) is 53.3 Å². The van der Waals surface area contributed by atoms with Gasteiger partial charge in [-0.05, 0) is 37.6 Å². The van der Waals surface area contributed by atoms with Gasteiger partial charge < -0.3 is 9.64 Å². The van der Waals surface area contributed by atoms with Crippen molar-refractivity contribution in [1.82, 2.24) is 0 Å². The van der Waals surface area contributed by atoms with Crippen LogP contribution < -0.4 is 4.90 Å². The summed E-state index contributed by atoms with van der Waals surface area (Å²) in [7, 11) is 1.26. The number of carbonyl (C=O) groups excluding carboxylic acids is 1. The Labute approximate surface area is 113 Å². The summed E-state index contributed by atoms with van der Waals surface area (Å²) in [5, 5.41) is 8.88. The minimum atomic E-state index is -0.615. The highest BCUT2D eigenvalue weighted by Gasteiger charge is 2.08. The molecule has 1 rings (SSSR count). The molecule has 0 spiro atoms. The highest BCUT2D eigenvalue weighted by atomic mass is 16.5. The molecule has 4 heteroatoms. The largest absolute Gasteiger partial charge is 0.465 e. The minimum Gasteiger partial charge on any atom is -0.465 e. The van der Waals surface area contributed by atoms with Crippen LogP contribution >= 0.6 is 0 Å². The number of carbonyl (C=O) groups is 1. The molecule has 1 aromatic carbocycles. The fourth-order valence-electron chi connectivity index (χ4n) is 1.78. The van der Waals surface area contributed by atoms with Crippen LogP contribution in [0.2, 0.25) is 0 Å².